The summed E-state index contributed by atoms with van der Waals surface area (Å²) in [6.07, 6.45) is -0.305. The van der Waals surface area contributed by atoms with E-state index in [1.165, 1.54) is 7.11 Å². The molecular weight excluding hydrogens is 436 g/mol. The van der Waals surface area contributed by atoms with Crippen LogP contribution in [-0.4, -0.2) is 67.4 Å². The number of nitrogens with one attached hydrogen (secondary N) is 1. The van der Waals surface area contributed by atoms with Crippen LogP contribution in [0.4, 0.5) is 4.79 Å². The van der Waals surface area contributed by atoms with Crippen LogP contribution in [0.3, 0.4) is 0 Å². The van der Waals surface area contributed by atoms with Gasteiger partial charge in [0.25, 0.3) is 5.91 Å². The van der Waals surface area contributed by atoms with Crippen molar-refractivity contribution in [2.75, 3.05) is 33.4 Å². The van der Waals surface area contributed by atoms with Crippen LogP contribution in [0.5, 0.6) is 0 Å². The largest absolute Gasteiger partial charge is 0.481 e. The van der Waals surface area contributed by atoms with Crippen LogP contribution in [-0.2, 0) is 19.1 Å². The monoisotopic (exact) mass is 468 g/mol. The molecule has 0 bridgehead atoms. The van der Waals surface area contributed by atoms with Crippen molar-refractivity contribution >= 4 is 18.0 Å². The van der Waals surface area contributed by atoms with Crippen LogP contribution < -0.4 is 5.32 Å². The Hall–Kier alpha value is -3.39. The Kier molecular flexibility index (Phi) is 9.04. The van der Waals surface area contributed by atoms with Crippen molar-refractivity contribution in [3.63, 3.8) is 0 Å². The van der Waals surface area contributed by atoms with Crippen LogP contribution in [0.1, 0.15) is 43.2 Å². The van der Waals surface area contributed by atoms with E-state index in [4.69, 9.17) is 14.6 Å². The number of fused-ring (bicyclic) bond motifs is 3. The van der Waals surface area contributed by atoms with Gasteiger partial charge in [0.1, 0.15) is 6.61 Å². The summed E-state index contributed by atoms with van der Waals surface area (Å²) in [6, 6.07) is 16.2. The zero-order valence-electron chi connectivity index (χ0n) is 19.7. The number of carbonyl (C=O) groups is 3. The number of nitrogens with zero attached hydrogens (tertiary/aromatic N) is 1. The second-order valence-corrected chi connectivity index (χ2v) is 8.20. The van der Waals surface area contributed by atoms with E-state index in [0.29, 0.717) is 25.9 Å². The zero-order chi connectivity index (χ0) is 24.5. The van der Waals surface area contributed by atoms with Crippen molar-refractivity contribution in [1.29, 1.82) is 0 Å². The number of aliphatic carboxylic acids is 1. The summed E-state index contributed by atoms with van der Waals surface area (Å²) in [7, 11) is 1.42. The summed E-state index contributed by atoms with van der Waals surface area (Å²) in [5, 5.41) is 11.4. The standard InChI is InChI=1S/C26H32N2O6/c1-3-28(15-9-8-14-24(29)30)25(31)23(33-2)16-27-26(32)34-17-22-20-12-6-4-10-18(20)19-11-5-7-13-21(19)22/h4-7,10-13,22-23H,3,8-9,14-17H2,1-2H3,(H,27,32)(H,29,30). The van der Waals surface area contributed by atoms with E-state index in [1.54, 1.807) is 4.90 Å². The molecule has 1 atom stereocenters. The van der Waals surface area contributed by atoms with Crippen LogP contribution in [0.2, 0.25) is 0 Å². The average molecular weight is 469 g/mol. The zero-order valence-corrected chi connectivity index (χ0v) is 19.7. The molecule has 182 valence electrons. The number of carboxylic acids is 1. The molecule has 0 heterocycles. The average Bonchev–Trinajstić information content (AvgIpc) is 3.16. The van der Waals surface area contributed by atoms with E-state index in [9.17, 15) is 14.4 Å². The molecule has 0 radical (unpaired) electrons. The van der Waals surface area contributed by atoms with Gasteiger partial charge in [0, 0.05) is 32.5 Å². The molecule has 8 nitrogen and oxygen atoms in total. The number of carbonyl (C=O) groups excluding carboxylic acids is 2. The third kappa shape index (κ3) is 6.14. The first-order chi connectivity index (χ1) is 16.5. The fourth-order valence-corrected chi connectivity index (χ4v) is 4.30. The van der Waals surface area contributed by atoms with Gasteiger partial charge in [0.15, 0.2) is 6.10 Å². The number of amides is 2. The summed E-state index contributed by atoms with van der Waals surface area (Å²) in [6.45, 7) is 2.93. The van der Waals surface area contributed by atoms with Gasteiger partial charge in [-0.25, -0.2) is 4.79 Å². The molecule has 0 spiro atoms. The number of benzene rings is 2. The number of hydrogen-bond donors (Lipinski definition) is 2. The van der Waals surface area contributed by atoms with Crippen molar-refractivity contribution < 1.29 is 29.0 Å². The van der Waals surface area contributed by atoms with Gasteiger partial charge in [0.2, 0.25) is 0 Å². The van der Waals surface area contributed by atoms with Crippen molar-refractivity contribution in [2.45, 2.75) is 38.2 Å². The highest BCUT2D eigenvalue weighted by Crippen LogP contribution is 2.44. The maximum atomic E-state index is 12.8. The molecule has 3 rings (SSSR count). The first-order valence-corrected chi connectivity index (χ1v) is 11.6. The fourth-order valence-electron chi connectivity index (χ4n) is 4.30. The number of unbranched alkanes of at least 4 members (excludes halogenated alkanes) is 1. The maximum absolute atomic E-state index is 12.8. The highest BCUT2D eigenvalue weighted by molar-refractivity contribution is 5.82. The van der Waals surface area contributed by atoms with E-state index >= 15 is 0 Å². The number of hydrogen-bond acceptors (Lipinski definition) is 5. The van der Waals surface area contributed by atoms with Crippen molar-refractivity contribution in [3.8, 4) is 11.1 Å². The van der Waals surface area contributed by atoms with Crippen molar-refractivity contribution in [3.05, 3.63) is 59.7 Å². The molecule has 2 aromatic carbocycles. The molecule has 2 N–H and O–H groups in total. The lowest BCUT2D eigenvalue weighted by molar-refractivity contribution is -0.141. The number of alkyl carbamates (subject to hydrolysis) is 1. The van der Waals surface area contributed by atoms with Gasteiger partial charge >= 0.3 is 12.1 Å². The van der Waals surface area contributed by atoms with Gasteiger partial charge in [0.05, 0.1) is 6.54 Å². The van der Waals surface area contributed by atoms with E-state index in [1.807, 2.05) is 31.2 Å². The molecule has 8 heteroatoms. The minimum absolute atomic E-state index is 0.0162. The lowest BCUT2D eigenvalue weighted by Gasteiger charge is -2.25. The predicted octanol–water partition coefficient (Wildman–Crippen LogP) is 3.64. The Balaban J connectivity index is 1.51. The molecule has 2 aromatic rings. The minimum Gasteiger partial charge on any atom is -0.481 e. The van der Waals surface area contributed by atoms with E-state index in [2.05, 4.69) is 29.6 Å². The third-order valence-corrected chi connectivity index (χ3v) is 6.10. The first-order valence-electron chi connectivity index (χ1n) is 11.6. The van der Waals surface area contributed by atoms with Crippen LogP contribution >= 0.6 is 0 Å². The number of ether oxygens (including phenoxy) is 2. The Morgan fingerprint density at radius 2 is 1.65 bits per heavy atom. The minimum atomic E-state index is -0.851. The Morgan fingerprint density at radius 1 is 1.03 bits per heavy atom. The maximum Gasteiger partial charge on any atom is 0.407 e. The van der Waals surface area contributed by atoms with Crippen LogP contribution in [0.15, 0.2) is 48.5 Å². The molecule has 0 saturated heterocycles. The Morgan fingerprint density at radius 3 is 2.21 bits per heavy atom. The summed E-state index contributed by atoms with van der Waals surface area (Å²) >= 11 is 0. The molecule has 2 amide bonds. The summed E-state index contributed by atoms with van der Waals surface area (Å²) in [5.41, 5.74) is 4.56. The molecular formula is C26H32N2O6. The van der Waals surface area contributed by atoms with Gasteiger partial charge in [-0.05, 0) is 42.0 Å². The van der Waals surface area contributed by atoms with Gasteiger partial charge < -0.3 is 24.8 Å². The summed E-state index contributed by atoms with van der Waals surface area (Å²) in [5.74, 6) is -1.14. The van der Waals surface area contributed by atoms with Crippen LogP contribution in [0, 0.1) is 0 Å². The van der Waals surface area contributed by atoms with Crippen molar-refractivity contribution in [1.82, 2.24) is 10.2 Å². The number of methoxy groups -OCH3 is 1. The first kappa shape index (κ1) is 25.2. The molecule has 0 aliphatic heterocycles. The second-order valence-electron chi connectivity index (χ2n) is 8.20. The molecule has 1 aliphatic rings. The number of likely N-dealkylation sites (N-methyl/N-ethyl adjacent to an activating group) is 1. The van der Waals surface area contributed by atoms with Crippen LogP contribution in [0.25, 0.3) is 11.1 Å². The quantitative estimate of drug-likeness (QED) is 0.461. The molecule has 0 aromatic heterocycles. The lowest BCUT2D eigenvalue weighted by Crippen LogP contribution is -2.46. The SMILES string of the molecule is CCN(CCCCC(=O)O)C(=O)C(CNC(=O)OCC1c2ccccc2-c2ccccc21)OC. The third-order valence-electron chi connectivity index (χ3n) is 6.10. The smallest absolute Gasteiger partial charge is 0.407 e. The molecule has 1 aliphatic carbocycles. The molecule has 34 heavy (non-hydrogen) atoms. The van der Waals surface area contributed by atoms with Gasteiger partial charge in [-0.15, -0.1) is 0 Å². The second kappa shape index (κ2) is 12.2. The summed E-state index contributed by atoms with van der Waals surface area (Å²) < 4.78 is 10.8. The molecule has 1 unspecified atom stereocenters. The topological polar surface area (TPSA) is 105 Å². The van der Waals surface area contributed by atoms with Gasteiger partial charge in [-0.2, -0.15) is 0 Å². The fraction of sp³-hybridized carbons (Fsp3) is 0.423. The normalized spacial score (nSPS) is 13.0. The van der Waals surface area contributed by atoms with Crippen molar-refractivity contribution in [2.24, 2.45) is 0 Å². The summed E-state index contributed by atoms with van der Waals surface area (Å²) in [4.78, 5) is 37.5. The number of carboxylic acid groups (broad SMARTS) is 1. The predicted molar refractivity (Wildman–Crippen MR) is 128 cm³/mol. The Labute approximate surface area is 199 Å². The van der Waals surface area contributed by atoms with E-state index in [0.717, 1.165) is 22.3 Å². The van der Waals surface area contributed by atoms with Gasteiger partial charge in [-0.3, -0.25) is 9.59 Å². The van der Waals surface area contributed by atoms with E-state index in [-0.39, 0.29) is 31.4 Å². The molecule has 0 fully saturated rings. The molecule has 0 saturated carbocycles. The highest BCUT2D eigenvalue weighted by atomic mass is 16.5. The van der Waals surface area contributed by atoms with Gasteiger partial charge in [-0.1, -0.05) is 48.5 Å². The number of rotatable bonds is 12. The van der Waals surface area contributed by atoms with E-state index < -0.39 is 18.2 Å². The highest BCUT2D eigenvalue weighted by Gasteiger charge is 2.29. The Bertz CT molecular complexity index is 963. The lowest BCUT2D eigenvalue weighted by atomic mass is 9.98.